The van der Waals surface area contributed by atoms with Crippen molar-refractivity contribution in [1.29, 1.82) is 0 Å². The number of hydrogen-bond acceptors (Lipinski definition) is 3. The molecule has 0 aromatic heterocycles. The molecule has 0 amide bonds. The number of fused-ring (bicyclic) bond motifs is 5. The average Bonchev–Trinajstić information content (AvgIpc) is 3.22. The molecule has 0 radical (unpaired) electrons. The lowest BCUT2D eigenvalue weighted by atomic mass is 9.44. The van der Waals surface area contributed by atoms with E-state index in [9.17, 15) is 0 Å². The number of nitrogens with one attached hydrogen (secondary N) is 2. The van der Waals surface area contributed by atoms with Gasteiger partial charge in [-0.3, -0.25) is 0 Å². The van der Waals surface area contributed by atoms with Crippen molar-refractivity contribution in [1.82, 2.24) is 10.6 Å². The second-order valence-corrected chi connectivity index (χ2v) is 15.2. The summed E-state index contributed by atoms with van der Waals surface area (Å²) in [5.74, 6) is 6.82. The van der Waals surface area contributed by atoms with Gasteiger partial charge in [-0.2, -0.15) is 0 Å². The smallest absolute Gasteiger partial charge is 0.00701 e. The fraction of sp³-hybridized carbons (Fsp3) is 1.00. The van der Waals surface area contributed by atoms with Gasteiger partial charge in [0.05, 0.1) is 0 Å². The van der Waals surface area contributed by atoms with Crippen LogP contribution in [0.5, 0.6) is 0 Å². The van der Waals surface area contributed by atoms with E-state index in [1.165, 1.54) is 83.6 Å². The first-order chi connectivity index (χ1) is 17.8. The standard InChI is InChI=1S/C34H65N3/c1-25(2)10-8-11-26(3)30-14-15-31-29-13-12-27-24-28(37-23-9-22-36-21-7-6-20-35)16-18-33(27,4)32(29)17-19-34(30,31)5/h25-32,36-37H,6-24,35H2,1-5H3/t26-,27+,28+,29?,30-,31?,32?,33+,34-/m1/s1. The number of unbranched alkanes of at least 4 members (excludes halogenated alkanes) is 1. The van der Waals surface area contributed by atoms with Crippen LogP contribution in [0.2, 0.25) is 0 Å². The van der Waals surface area contributed by atoms with Gasteiger partial charge in [0.25, 0.3) is 0 Å². The minimum Gasteiger partial charge on any atom is -0.330 e. The summed E-state index contributed by atoms with van der Waals surface area (Å²) >= 11 is 0. The summed E-state index contributed by atoms with van der Waals surface area (Å²) in [7, 11) is 0. The molecule has 4 saturated carbocycles. The zero-order valence-electron chi connectivity index (χ0n) is 25.6. The van der Waals surface area contributed by atoms with Crippen molar-refractivity contribution < 1.29 is 0 Å². The highest BCUT2D eigenvalue weighted by Crippen LogP contribution is 2.68. The molecule has 4 rings (SSSR count). The Hall–Kier alpha value is -0.120. The van der Waals surface area contributed by atoms with E-state index in [0.717, 1.165) is 73.5 Å². The van der Waals surface area contributed by atoms with Gasteiger partial charge in [0, 0.05) is 6.04 Å². The lowest BCUT2D eigenvalue weighted by Crippen LogP contribution is -2.55. The quantitative estimate of drug-likeness (QED) is 0.207. The predicted octanol–water partition coefficient (Wildman–Crippen LogP) is 7.78. The van der Waals surface area contributed by atoms with E-state index in [4.69, 9.17) is 5.73 Å². The molecule has 3 nitrogen and oxygen atoms in total. The molecule has 0 aromatic carbocycles. The predicted molar refractivity (Wildman–Crippen MR) is 161 cm³/mol. The van der Waals surface area contributed by atoms with Crippen molar-refractivity contribution >= 4 is 0 Å². The molecule has 4 N–H and O–H groups in total. The van der Waals surface area contributed by atoms with Crippen LogP contribution in [0.3, 0.4) is 0 Å². The van der Waals surface area contributed by atoms with Crippen LogP contribution >= 0.6 is 0 Å². The fourth-order valence-electron chi connectivity index (χ4n) is 10.5. The molecule has 9 atom stereocenters. The van der Waals surface area contributed by atoms with Gasteiger partial charge in [0.2, 0.25) is 0 Å². The third-order valence-electron chi connectivity index (χ3n) is 12.6. The topological polar surface area (TPSA) is 50.1 Å². The first-order valence-electron chi connectivity index (χ1n) is 16.9. The molecule has 3 unspecified atom stereocenters. The third kappa shape index (κ3) is 6.79. The molecule has 0 bridgehead atoms. The van der Waals surface area contributed by atoms with Crippen LogP contribution in [0.15, 0.2) is 0 Å². The van der Waals surface area contributed by atoms with Crippen molar-refractivity contribution in [3.8, 4) is 0 Å². The average molecular weight is 516 g/mol. The summed E-state index contributed by atoms with van der Waals surface area (Å²) in [4.78, 5) is 0. The van der Waals surface area contributed by atoms with Gasteiger partial charge >= 0.3 is 0 Å². The normalized spacial score (nSPS) is 40.3. The van der Waals surface area contributed by atoms with E-state index < -0.39 is 0 Å². The molecule has 0 aromatic rings. The van der Waals surface area contributed by atoms with Crippen LogP contribution in [-0.2, 0) is 0 Å². The van der Waals surface area contributed by atoms with Gasteiger partial charge in [-0.15, -0.1) is 0 Å². The largest absolute Gasteiger partial charge is 0.330 e. The van der Waals surface area contributed by atoms with Crippen molar-refractivity contribution in [2.45, 2.75) is 137 Å². The molecule has 0 aliphatic heterocycles. The second-order valence-electron chi connectivity index (χ2n) is 15.2. The molecule has 216 valence electrons. The summed E-state index contributed by atoms with van der Waals surface area (Å²) in [6, 6.07) is 0.767. The molecule has 0 spiro atoms. The minimum absolute atomic E-state index is 0.619. The van der Waals surface area contributed by atoms with Gasteiger partial charge in [-0.05, 0) is 155 Å². The van der Waals surface area contributed by atoms with Crippen LogP contribution in [0.1, 0.15) is 131 Å². The maximum Gasteiger partial charge on any atom is 0.00701 e. The van der Waals surface area contributed by atoms with Crippen molar-refractivity contribution in [2.24, 2.45) is 58.0 Å². The molecule has 4 aliphatic carbocycles. The third-order valence-corrected chi connectivity index (χ3v) is 12.6. The number of hydrogen-bond donors (Lipinski definition) is 3. The van der Waals surface area contributed by atoms with Crippen molar-refractivity contribution in [3.63, 3.8) is 0 Å². The van der Waals surface area contributed by atoms with Crippen molar-refractivity contribution in [3.05, 3.63) is 0 Å². The number of nitrogens with two attached hydrogens (primary N) is 1. The molecular formula is C34H65N3. The molecule has 3 heteroatoms. The molecule has 0 heterocycles. The van der Waals surface area contributed by atoms with Crippen LogP contribution in [0.25, 0.3) is 0 Å². The summed E-state index contributed by atoms with van der Waals surface area (Å²) in [6.07, 6.45) is 21.5. The van der Waals surface area contributed by atoms with Crippen LogP contribution in [0, 0.1) is 52.3 Å². The van der Waals surface area contributed by atoms with Gasteiger partial charge in [0.1, 0.15) is 0 Å². The van der Waals surface area contributed by atoms with Gasteiger partial charge in [-0.1, -0.05) is 53.9 Å². The Morgan fingerprint density at radius 2 is 1.51 bits per heavy atom. The van der Waals surface area contributed by atoms with Gasteiger partial charge in [0.15, 0.2) is 0 Å². The highest BCUT2D eigenvalue weighted by Gasteiger charge is 2.60. The Labute approximate surface area is 231 Å². The Kier molecular flexibility index (Phi) is 10.9. The highest BCUT2D eigenvalue weighted by molar-refractivity contribution is 5.10. The molecule has 37 heavy (non-hydrogen) atoms. The van der Waals surface area contributed by atoms with E-state index in [2.05, 4.69) is 45.3 Å². The van der Waals surface area contributed by atoms with E-state index in [1.807, 2.05) is 0 Å². The van der Waals surface area contributed by atoms with Crippen molar-refractivity contribution in [2.75, 3.05) is 26.2 Å². The van der Waals surface area contributed by atoms with E-state index in [1.54, 1.807) is 12.8 Å². The molecular weight excluding hydrogens is 450 g/mol. The van der Waals surface area contributed by atoms with Gasteiger partial charge in [-0.25, -0.2) is 0 Å². The number of rotatable bonds is 14. The summed E-state index contributed by atoms with van der Waals surface area (Å²) in [5, 5.41) is 7.56. The monoisotopic (exact) mass is 516 g/mol. The maximum absolute atomic E-state index is 5.59. The first-order valence-corrected chi connectivity index (χ1v) is 16.9. The van der Waals surface area contributed by atoms with Crippen LogP contribution in [-0.4, -0.2) is 32.2 Å². The second kappa shape index (κ2) is 13.5. The highest BCUT2D eigenvalue weighted by atomic mass is 14.9. The zero-order valence-corrected chi connectivity index (χ0v) is 25.6. The lowest BCUT2D eigenvalue weighted by molar-refractivity contribution is -0.118. The lowest BCUT2D eigenvalue weighted by Gasteiger charge is -2.61. The summed E-state index contributed by atoms with van der Waals surface area (Å²) in [6.45, 7) is 17.2. The van der Waals surface area contributed by atoms with Crippen LogP contribution in [0.4, 0.5) is 0 Å². The Morgan fingerprint density at radius 1 is 0.757 bits per heavy atom. The van der Waals surface area contributed by atoms with E-state index in [-0.39, 0.29) is 0 Å². The SMILES string of the molecule is CC(C)CCC[C@@H](C)[C@H]1CCC2C3CC[C@H]4C[C@@H](NCCCNCCCCN)CC[C@]4(C)C3CC[C@@]21C. The summed E-state index contributed by atoms with van der Waals surface area (Å²) < 4.78 is 0. The van der Waals surface area contributed by atoms with E-state index in [0.29, 0.717) is 10.8 Å². The molecule has 0 saturated heterocycles. The minimum atomic E-state index is 0.619. The van der Waals surface area contributed by atoms with Gasteiger partial charge < -0.3 is 16.4 Å². The molecule has 4 fully saturated rings. The molecule has 4 aliphatic rings. The van der Waals surface area contributed by atoms with Crippen LogP contribution < -0.4 is 16.4 Å². The zero-order chi connectivity index (χ0) is 26.5. The Balaban J connectivity index is 1.26. The maximum atomic E-state index is 5.59. The van der Waals surface area contributed by atoms with E-state index >= 15 is 0 Å². The Bertz CT molecular complexity index is 678. The Morgan fingerprint density at radius 3 is 2.30 bits per heavy atom. The first kappa shape index (κ1) is 29.9. The fourth-order valence-corrected chi connectivity index (χ4v) is 10.5. The summed E-state index contributed by atoms with van der Waals surface area (Å²) in [5.41, 5.74) is 6.85.